The van der Waals surface area contributed by atoms with Crippen molar-refractivity contribution in [2.75, 3.05) is 26.2 Å². The summed E-state index contributed by atoms with van der Waals surface area (Å²) in [7, 11) is 0. The van der Waals surface area contributed by atoms with Gasteiger partial charge >= 0.3 is 0 Å². The van der Waals surface area contributed by atoms with Gasteiger partial charge in [-0.15, -0.1) is 0 Å². The first-order valence-corrected chi connectivity index (χ1v) is 8.05. The Kier molecular flexibility index (Phi) is 5.08. The zero-order chi connectivity index (χ0) is 13.0. The minimum Gasteiger partial charge on any atom is -0.314 e. The molecule has 2 rings (SSSR count). The van der Waals surface area contributed by atoms with Crippen LogP contribution in [0.5, 0.6) is 0 Å². The molecule has 2 heteroatoms. The van der Waals surface area contributed by atoms with Gasteiger partial charge in [0.25, 0.3) is 0 Å². The van der Waals surface area contributed by atoms with Crippen LogP contribution in [0.3, 0.4) is 0 Å². The van der Waals surface area contributed by atoms with E-state index in [1.54, 1.807) is 0 Å². The molecule has 1 unspecified atom stereocenters. The highest BCUT2D eigenvalue weighted by atomic mass is 15.2. The Morgan fingerprint density at radius 3 is 2.50 bits per heavy atom. The van der Waals surface area contributed by atoms with E-state index in [1.165, 1.54) is 64.7 Å². The summed E-state index contributed by atoms with van der Waals surface area (Å²) in [6.45, 7) is 12.2. The van der Waals surface area contributed by atoms with Crippen molar-refractivity contribution in [2.45, 2.75) is 65.3 Å². The normalized spacial score (nSPS) is 29.0. The molecule has 1 saturated carbocycles. The van der Waals surface area contributed by atoms with E-state index >= 15 is 0 Å². The van der Waals surface area contributed by atoms with E-state index in [9.17, 15) is 0 Å². The first kappa shape index (κ1) is 14.3. The summed E-state index contributed by atoms with van der Waals surface area (Å²) in [6.07, 6.45) is 8.65. The average molecular weight is 252 g/mol. The van der Waals surface area contributed by atoms with E-state index in [4.69, 9.17) is 0 Å². The van der Waals surface area contributed by atoms with E-state index in [0.29, 0.717) is 11.5 Å². The van der Waals surface area contributed by atoms with E-state index in [1.807, 2.05) is 0 Å². The molecule has 0 amide bonds. The summed E-state index contributed by atoms with van der Waals surface area (Å²) < 4.78 is 0. The van der Waals surface area contributed by atoms with Crippen molar-refractivity contribution in [3.8, 4) is 0 Å². The Morgan fingerprint density at radius 1 is 1.22 bits per heavy atom. The number of likely N-dealkylation sites (tertiary alicyclic amines) is 1. The van der Waals surface area contributed by atoms with Gasteiger partial charge in [0.15, 0.2) is 0 Å². The zero-order valence-corrected chi connectivity index (χ0v) is 12.7. The van der Waals surface area contributed by atoms with Gasteiger partial charge in [0.2, 0.25) is 0 Å². The lowest BCUT2D eigenvalue weighted by Crippen LogP contribution is -2.46. The highest BCUT2D eigenvalue weighted by Crippen LogP contribution is 2.37. The van der Waals surface area contributed by atoms with Gasteiger partial charge in [-0.1, -0.05) is 40.0 Å². The molecule has 18 heavy (non-hydrogen) atoms. The van der Waals surface area contributed by atoms with Crippen molar-refractivity contribution in [3.05, 3.63) is 0 Å². The molecular weight excluding hydrogens is 220 g/mol. The predicted octanol–water partition coefficient (Wildman–Crippen LogP) is 3.28. The van der Waals surface area contributed by atoms with E-state index in [2.05, 4.69) is 31.0 Å². The Labute approximate surface area is 114 Å². The van der Waals surface area contributed by atoms with Crippen LogP contribution >= 0.6 is 0 Å². The highest BCUT2D eigenvalue weighted by Gasteiger charge is 2.35. The molecule has 1 heterocycles. The van der Waals surface area contributed by atoms with Gasteiger partial charge in [-0.25, -0.2) is 0 Å². The molecule has 106 valence electrons. The standard InChI is InChI=1S/C16H32N2/c1-14(2)17-12-16(8-5-4-6-9-16)13-18-10-7-15(3)11-18/h14-15,17H,4-13H2,1-3H3. The second-order valence-electron chi connectivity index (χ2n) is 7.23. The predicted molar refractivity (Wildman–Crippen MR) is 78.9 cm³/mol. The number of nitrogens with zero attached hydrogens (tertiary/aromatic N) is 1. The molecule has 2 nitrogen and oxygen atoms in total. The fourth-order valence-corrected chi connectivity index (χ4v) is 3.76. The van der Waals surface area contributed by atoms with Crippen molar-refractivity contribution in [1.82, 2.24) is 10.2 Å². The Hall–Kier alpha value is -0.0800. The van der Waals surface area contributed by atoms with Gasteiger partial charge in [0.05, 0.1) is 0 Å². The van der Waals surface area contributed by atoms with Crippen molar-refractivity contribution in [1.29, 1.82) is 0 Å². The lowest BCUT2D eigenvalue weighted by molar-refractivity contribution is 0.112. The smallest absolute Gasteiger partial charge is 0.00503 e. The molecule has 2 aliphatic rings. The summed E-state index contributed by atoms with van der Waals surface area (Å²) in [6, 6.07) is 0.626. The van der Waals surface area contributed by atoms with Crippen molar-refractivity contribution >= 4 is 0 Å². The molecule has 0 radical (unpaired) electrons. The first-order chi connectivity index (χ1) is 8.60. The Morgan fingerprint density at radius 2 is 1.94 bits per heavy atom. The number of nitrogens with one attached hydrogen (secondary N) is 1. The minimum absolute atomic E-state index is 0.576. The molecule has 0 aromatic rings. The molecule has 0 aromatic carbocycles. The molecule has 1 saturated heterocycles. The van der Waals surface area contributed by atoms with Crippen LogP contribution < -0.4 is 5.32 Å². The fourth-order valence-electron chi connectivity index (χ4n) is 3.76. The van der Waals surface area contributed by atoms with Crippen LogP contribution in [0.25, 0.3) is 0 Å². The Balaban J connectivity index is 1.91. The first-order valence-electron chi connectivity index (χ1n) is 8.05. The van der Waals surface area contributed by atoms with Gasteiger partial charge in [0.1, 0.15) is 0 Å². The summed E-state index contributed by atoms with van der Waals surface area (Å²) in [5.74, 6) is 0.920. The molecule has 1 atom stereocenters. The van der Waals surface area contributed by atoms with Crippen LogP contribution in [0.4, 0.5) is 0 Å². The largest absolute Gasteiger partial charge is 0.314 e. The number of rotatable bonds is 5. The van der Waals surface area contributed by atoms with Crippen LogP contribution in [-0.2, 0) is 0 Å². The van der Waals surface area contributed by atoms with Crippen LogP contribution in [0.2, 0.25) is 0 Å². The van der Waals surface area contributed by atoms with Crippen LogP contribution in [0.1, 0.15) is 59.3 Å². The molecule has 0 bridgehead atoms. The third-order valence-corrected chi connectivity index (χ3v) is 4.87. The molecule has 2 fully saturated rings. The average Bonchev–Trinajstić information content (AvgIpc) is 2.73. The quantitative estimate of drug-likeness (QED) is 0.808. The minimum atomic E-state index is 0.576. The molecule has 0 aromatic heterocycles. The summed E-state index contributed by atoms with van der Waals surface area (Å²) >= 11 is 0. The molecule has 1 aliphatic carbocycles. The maximum absolute atomic E-state index is 3.71. The third-order valence-electron chi connectivity index (χ3n) is 4.87. The Bertz CT molecular complexity index is 243. The SMILES string of the molecule is CC1CCN(CC2(CNC(C)C)CCCCC2)C1. The van der Waals surface area contributed by atoms with Crippen molar-refractivity contribution in [3.63, 3.8) is 0 Å². The maximum atomic E-state index is 3.71. The van der Waals surface area contributed by atoms with Crippen molar-refractivity contribution < 1.29 is 0 Å². The van der Waals surface area contributed by atoms with E-state index in [0.717, 1.165) is 5.92 Å². The molecule has 1 aliphatic heterocycles. The lowest BCUT2D eigenvalue weighted by atomic mass is 9.73. The summed E-state index contributed by atoms with van der Waals surface area (Å²) in [5, 5.41) is 3.71. The fraction of sp³-hybridized carbons (Fsp3) is 1.00. The number of hydrogen-bond acceptors (Lipinski definition) is 2. The summed E-state index contributed by atoms with van der Waals surface area (Å²) in [5.41, 5.74) is 0.576. The van der Waals surface area contributed by atoms with Crippen LogP contribution in [-0.4, -0.2) is 37.1 Å². The second kappa shape index (κ2) is 6.38. The van der Waals surface area contributed by atoms with Gasteiger partial charge in [0, 0.05) is 25.7 Å². The van der Waals surface area contributed by atoms with Gasteiger partial charge in [-0.3, -0.25) is 0 Å². The lowest BCUT2D eigenvalue weighted by Gasteiger charge is -2.41. The highest BCUT2D eigenvalue weighted by molar-refractivity contribution is 4.90. The summed E-state index contributed by atoms with van der Waals surface area (Å²) in [4.78, 5) is 2.73. The monoisotopic (exact) mass is 252 g/mol. The van der Waals surface area contributed by atoms with Gasteiger partial charge in [-0.05, 0) is 37.1 Å². The van der Waals surface area contributed by atoms with E-state index < -0.39 is 0 Å². The van der Waals surface area contributed by atoms with Gasteiger partial charge < -0.3 is 10.2 Å². The molecular formula is C16H32N2. The topological polar surface area (TPSA) is 15.3 Å². The number of hydrogen-bond donors (Lipinski definition) is 1. The van der Waals surface area contributed by atoms with Crippen LogP contribution in [0, 0.1) is 11.3 Å². The van der Waals surface area contributed by atoms with Crippen LogP contribution in [0.15, 0.2) is 0 Å². The molecule has 1 N–H and O–H groups in total. The van der Waals surface area contributed by atoms with Crippen molar-refractivity contribution in [2.24, 2.45) is 11.3 Å². The zero-order valence-electron chi connectivity index (χ0n) is 12.7. The third kappa shape index (κ3) is 3.96. The van der Waals surface area contributed by atoms with E-state index in [-0.39, 0.29) is 0 Å². The maximum Gasteiger partial charge on any atom is 0.00503 e. The second-order valence-corrected chi connectivity index (χ2v) is 7.23. The van der Waals surface area contributed by atoms with Gasteiger partial charge in [-0.2, -0.15) is 0 Å². The molecule has 0 spiro atoms.